The van der Waals surface area contributed by atoms with Crippen LogP contribution in [0.25, 0.3) is 21.8 Å². The van der Waals surface area contributed by atoms with Gasteiger partial charge in [-0.3, -0.25) is 9.97 Å². The molecule has 2 saturated carbocycles. The number of aromatic amines is 1. The molecule has 2 aliphatic carbocycles. The summed E-state index contributed by atoms with van der Waals surface area (Å²) < 4.78 is 7.24. The Morgan fingerprint density at radius 2 is 1.46 bits per heavy atom. The lowest BCUT2D eigenvalue weighted by molar-refractivity contribution is 0.0598. The lowest BCUT2D eigenvalue weighted by atomic mass is 10.0. The van der Waals surface area contributed by atoms with Gasteiger partial charge < -0.3 is 19.4 Å². The van der Waals surface area contributed by atoms with Gasteiger partial charge in [-0.1, -0.05) is 26.0 Å². The Bertz CT molecular complexity index is 2170. The number of esters is 1. The molecule has 8 rings (SSSR count). The second-order valence-electron chi connectivity index (χ2n) is 14.2. The topological polar surface area (TPSA) is 110 Å². The average molecular weight is 669 g/mol. The number of rotatable bonds is 11. The second-order valence-corrected chi connectivity index (χ2v) is 14.2. The molecule has 0 radical (unpaired) electrons. The zero-order chi connectivity index (χ0) is 34.8. The van der Waals surface area contributed by atoms with E-state index in [2.05, 4.69) is 82.0 Å². The predicted molar refractivity (Wildman–Crippen MR) is 196 cm³/mol. The molecule has 2 aliphatic rings. The third-order valence-corrected chi connectivity index (χ3v) is 9.86. The second kappa shape index (κ2) is 14.3. The first-order valence-corrected chi connectivity index (χ1v) is 17.7. The monoisotopic (exact) mass is 668 g/mol. The number of H-pyrrole nitrogens is 1. The minimum atomic E-state index is -0.888. The number of hydrogen-bond acceptors (Lipinski definition) is 5. The van der Waals surface area contributed by atoms with Crippen molar-refractivity contribution in [3.63, 3.8) is 0 Å². The number of benzene rings is 2. The number of carboxylic acids is 1. The van der Waals surface area contributed by atoms with Gasteiger partial charge in [-0.15, -0.1) is 0 Å². The largest absolute Gasteiger partial charge is 0.478 e. The highest BCUT2D eigenvalue weighted by atomic mass is 16.5. The SMILES string of the molecule is CC(C)CCn1ccc2cc(Cc3ncc(C4CC4)cc3C(=O)O)ccc21.COC(=O)c1cc(C2CC2)cnc1Cc1ccc2[nH]ccc2c1. The Kier molecular flexibility index (Phi) is 9.52. The van der Waals surface area contributed by atoms with Gasteiger partial charge in [0.1, 0.15) is 0 Å². The van der Waals surface area contributed by atoms with E-state index in [-0.39, 0.29) is 5.97 Å². The van der Waals surface area contributed by atoms with Crippen LogP contribution >= 0.6 is 0 Å². The number of aromatic nitrogens is 4. The molecule has 0 unspecified atom stereocenters. The molecule has 2 N–H and O–H groups in total. The molecule has 0 atom stereocenters. The lowest BCUT2D eigenvalue weighted by Gasteiger charge is -2.10. The van der Waals surface area contributed by atoms with Crippen LogP contribution < -0.4 is 0 Å². The number of ether oxygens (including phenoxy) is 1. The summed E-state index contributed by atoms with van der Waals surface area (Å²) in [7, 11) is 1.42. The number of hydrogen-bond donors (Lipinski definition) is 2. The summed E-state index contributed by atoms with van der Waals surface area (Å²) in [6.07, 6.45) is 14.8. The molecule has 50 heavy (non-hydrogen) atoms. The van der Waals surface area contributed by atoms with Gasteiger partial charge in [-0.2, -0.15) is 0 Å². The van der Waals surface area contributed by atoms with Crippen molar-refractivity contribution in [2.75, 3.05) is 7.11 Å². The first-order chi connectivity index (χ1) is 24.2. The van der Waals surface area contributed by atoms with Gasteiger partial charge >= 0.3 is 11.9 Å². The van der Waals surface area contributed by atoms with Crippen LogP contribution in [0.15, 0.2) is 85.5 Å². The average Bonchev–Trinajstić information content (AvgIpc) is 4.06. The highest BCUT2D eigenvalue weighted by molar-refractivity contribution is 5.91. The van der Waals surface area contributed by atoms with Crippen molar-refractivity contribution in [2.45, 2.75) is 77.2 Å². The minimum Gasteiger partial charge on any atom is -0.478 e. The van der Waals surface area contributed by atoms with Gasteiger partial charge in [0.25, 0.3) is 0 Å². The molecular weight excluding hydrogens is 624 g/mol. The number of carbonyl (C=O) groups is 2. The van der Waals surface area contributed by atoms with Crippen molar-refractivity contribution in [3.8, 4) is 0 Å². The summed E-state index contributed by atoms with van der Waals surface area (Å²) in [5, 5.41) is 12.0. The fourth-order valence-corrected chi connectivity index (χ4v) is 6.60. The molecule has 8 nitrogen and oxygen atoms in total. The molecule has 0 aliphatic heterocycles. The number of carbonyl (C=O) groups excluding carboxylic acids is 1. The smallest absolute Gasteiger partial charge is 0.339 e. The number of fused-ring (bicyclic) bond motifs is 2. The normalized spacial score (nSPS) is 14.2. The molecule has 0 spiro atoms. The Morgan fingerprint density at radius 1 is 0.840 bits per heavy atom. The van der Waals surface area contributed by atoms with Gasteiger partial charge in [0.15, 0.2) is 0 Å². The maximum Gasteiger partial charge on any atom is 0.339 e. The standard InChI is InChI=1S/C23H26N2O2.C19H18N2O2/c1-15(2)7-9-25-10-8-18-11-16(3-6-22(18)25)12-21-20(23(26)27)13-19(14-24-21)17-4-5-17;1-23-19(22)16-10-15(13-3-4-13)11-21-18(16)9-12-2-5-17-14(8-12)6-7-20-17/h3,6,8,10-11,13-15,17H,4-5,7,9,12H2,1-2H3,(H,26,27);2,5-8,10-11,13,20H,3-4,9H2,1H3. The zero-order valence-electron chi connectivity index (χ0n) is 29.0. The molecule has 2 aromatic carbocycles. The van der Waals surface area contributed by atoms with Gasteiger partial charge in [-0.25, -0.2) is 9.59 Å². The quantitative estimate of drug-likeness (QED) is 0.133. The summed E-state index contributed by atoms with van der Waals surface area (Å²) in [5.41, 5.74) is 9.13. The summed E-state index contributed by atoms with van der Waals surface area (Å²) in [6.45, 7) is 5.50. The van der Waals surface area contributed by atoms with Crippen molar-refractivity contribution in [3.05, 3.63) is 130 Å². The third-order valence-electron chi connectivity index (χ3n) is 9.86. The van der Waals surface area contributed by atoms with Crippen LogP contribution in [0.2, 0.25) is 0 Å². The van der Waals surface area contributed by atoms with Crippen LogP contribution in [0.3, 0.4) is 0 Å². The van der Waals surface area contributed by atoms with Crippen molar-refractivity contribution in [1.29, 1.82) is 0 Å². The minimum absolute atomic E-state index is 0.308. The maximum absolute atomic E-state index is 12.1. The highest BCUT2D eigenvalue weighted by Gasteiger charge is 2.27. The molecule has 8 heteroatoms. The molecule has 0 saturated heterocycles. The Labute approximate surface area is 292 Å². The van der Waals surface area contributed by atoms with Crippen LogP contribution in [-0.4, -0.2) is 43.7 Å². The van der Waals surface area contributed by atoms with E-state index in [9.17, 15) is 14.7 Å². The zero-order valence-corrected chi connectivity index (χ0v) is 29.0. The van der Waals surface area contributed by atoms with E-state index in [1.807, 2.05) is 36.8 Å². The van der Waals surface area contributed by atoms with Crippen molar-refractivity contribution in [2.24, 2.45) is 5.92 Å². The first kappa shape index (κ1) is 33.3. The number of pyridine rings is 2. The van der Waals surface area contributed by atoms with Gasteiger partial charge in [0.2, 0.25) is 0 Å². The molecule has 4 heterocycles. The number of nitrogens with one attached hydrogen (secondary N) is 1. The predicted octanol–water partition coefficient (Wildman–Crippen LogP) is 9.07. The number of aryl methyl sites for hydroxylation is 1. The Morgan fingerprint density at radius 3 is 2.08 bits per heavy atom. The molecule has 4 aromatic heterocycles. The number of aromatic carboxylic acids is 1. The number of nitrogens with zero attached hydrogens (tertiary/aromatic N) is 3. The van der Waals surface area contributed by atoms with Crippen molar-refractivity contribution in [1.82, 2.24) is 19.5 Å². The molecule has 2 fully saturated rings. The van der Waals surface area contributed by atoms with Crippen LogP contribution in [0.1, 0.15) is 112 Å². The van der Waals surface area contributed by atoms with E-state index in [1.54, 1.807) is 0 Å². The van der Waals surface area contributed by atoms with Crippen LogP contribution in [0, 0.1) is 5.92 Å². The molecule has 256 valence electrons. The van der Waals surface area contributed by atoms with Crippen molar-refractivity contribution >= 4 is 33.7 Å². The van der Waals surface area contributed by atoms with Gasteiger partial charge in [0, 0.05) is 55.2 Å². The van der Waals surface area contributed by atoms with E-state index in [0.717, 1.165) is 64.7 Å². The highest BCUT2D eigenvalue weighted by Crippen LogP contribution is 2.41. The van der Waals surface area contributed by atoms with Crippen LogP contribution in [0.4, 0.5) is 0 Å². The third kappa shape index (κ3) is 7.65. The van der Waals surface area contributed by atoms with E-state index < -0.39 is 5.97 Å². The Hall–Kier alpha value is -5.24. The van der Waals surface area contributed by atoms with E-state index in [1.165, 1.54) is 30.9 Å². The fourth-order valence-electron chi connectivity index (χ4n) is 6.60. The Balaban J connectivity index is 0.000000159. The summed E-state index contributed by atoms with van der Waals surface area (Å²) in [5.74, 6) is 0.558. The summed E-state index contributed by atoms with van der Waals surface area (Å²) in [6, 6.07) is 20.6. The molecule has 6 aromatic rings. The van der Waals surface area contributed by atoms with E-state index >= 15 is 0 Å². The first-order valence-electron chi connectivity index (χ1n) is 17.7. The van der Waals surface area contributed by atoms with Gasteiger partial charge in [0.05, 0.1) is 29.6 Å². The molecular formula is C42H44N4O4. The number of methoxy groups -OCH3 is 1. The van der Waals surface area contributed by atoms with E-state index in [0.29, 0.717) is 47.4 Å². The molecule has 0 bridgehead atoms. The van der Waals surface area contributed by atoms with Crippen molar-refractivity contribution < 1.29 is 19.4 Å². The fraction of sp³-hybridized carbons (Fsp3) is 0.333. The molecule has 0 amide bonds. The van der Waals surface area contributed by atoms with Crippen LogP contribution in [-0.2, 0) is 24.1 Å². The van der Waals surface area contributed by atoms with Gasteiger partial charge in [-0.05, 0) is 131 Å². The van der Waals surface area contributed by atoms with Crippen LogP contribution in [0.5, 0.6) is 0 Å². The number of carboxylic acid groups (broad SMARTS) is 1. The lowest BCUT2D eigenvalue weighted by Crippen LogP contribution is -2.09. The van der Waals surface area contributed by atoms with E-state index in [4.69, 9.17) is 4.74 Å². The summed E-state index contributed by atoms with van der Waals surface area (Å²) >= 11 is 0. The summed E-state index contributed by atoms with van der Waals surface area (Å²) in [4.78, 5) is 36.1. The maximum atomic E-state index is 12.1.